The van der Waals surface area contributed by atoms with Gasteiger partial charge in [0.05, 0.1) is 4.88 Å². The predicted octanol–water partition coefficient (Wildman–Crippen LogP) is 4.96. The Morgan fingerprint density at radius 3 is 2.60 bits per heavy atom. The van der Waals surface area contributed by atoms with E-state index in [2.05, 4.69) is 44.7 Å². The van der Waals surface area contributed by atoms with Crippen molar-refractivity contribution in [1.82, 2.24) is 10.2 Å². The van der Waals surface area contributed by atoms with Gasteiger partial charge in [-0.1, -0.05) is 6.07 Å². The Kier molecular flexibility index (Phi) is 4.70. The van der Waals surface area contributed by atoms with Crippen molar-refractivity contribution in [3.05, 3.63) is 47.7 Å². The highest BCUT2D eigenvalue weighted by Gasteiger charge is 2.16. The second-order valence-electron chi connectivity index (χ2n) is 6.38. The fourth-order valence-electron chi connectivity index (χ4n) is 3.14. The van der Waals surface area contributed by atoms with E-state index in [1.165, 1.54) is 24.9 Å². The van der Waals surface area contributed by atoms with Crippen molar-refractivity contribution in [1.29, 1.82) is 0 Å². The van der Waals surface area contributed by atoms with E-state index in [1.54, 1.807) is 11.3 Å². The fourth-order valence-corrected chi connectivity index (χ4v) is 3.79. The molecule has 1 fully saturated rings. The quantitative estimate of drug-likeness (QED) is 0.702. The van der Waals surface area contributed by atoms with E-state index >= 15 is 0 Å². The molecule has 1 N–H and O–H groups in total. The van der Waals surface area contributed by atoms with Crippen LogP contribution < -0.4 is 10.2 Å². The van der Waals surface area contributed by atoms with Gasteiger partial charge in [0.25, 0.3) is 5.89 Å². The van der Waals surface area contributed by atoms with Gasteiger partial charge in [-0.05, 0) is 61.9 Å². The second-order valence-corrected chi connectivity index (χ2v) is 7.33. The van der Waals surface area contributed by atoms with Crippen LogP contribution >= 0.6 is 11.3 Å². The number of piperidine rings is 1. The lowest BCUT2D eigenvalue weighted by Crippen LogP contribution is -2.29. The molecular weight excluding hydrogens is 332 g/mol. The third-order valence-corrected chi connectivity index (χ3v) is 5.37. The number of hydrogen-bond acceptors (Lipinski definition) is 6. The summed E-state index contributed by atoms with van der Waals surface area (Å²) in [5, 5.41) is 13.8. The van der Waals surface area contributed by atoms with Crippen LogP contribution in [0.15, 0.2) is 46.2 Å². The molecule has 2 aromatic heterocycles. The van der Waals surface area contributed by atoms with Crippen molar-refractivity contribution in [3.8, 4) is 10.8 Å². The number of hydrogen-bond donors (Lipinski definition) is 1. The molecule has 1 atom stereocenters. The van der Waals surface area contributed by atoms with Crippen LogP contribution in [-0.2, 0) is 0 Å². The molecule has 0 unspecified atom stereocenters. The molecule has 4 rings (SSSR count). The van der Waals surface area contributed by atoms with Gasteiger partial charge in [-0.3, -0.25) is 0 Å². The maximum Gasteiger partial charge on any atom is 0.257 e. The van der Waals surface area contributed by atoms with Gasteiger partial charge >= 0.3 is 0 Å². The van der Waals surface area contributed by atoms with E-state index in [-0.39, 0.29) is 6.04 Å². The zero-order valence-electron chi connectivity index (χ0n) is 14.3. The number of nitrogens with zero attached hydrogens (tertiary/aromatic N) is 3. The van der Waals surface area contributed by atoms with Crippen LogP contribution in [0.1, 0.15) is 38.1 Å². The molecule has 1 aromatic carbocycles. The summed E-state index contributed by atoms with van der Waals surface area (Å²) in [5.74, 6) is 1.18. The number of thiophene rings is 1. The Hall–Kier alpha value is -2.34. The number of aromatic nitrogens is 2. The lowest BCUT2D eigenvalue weighted by atomic mass is 10.1. The molecule has 0 radical (unpaired) electrons. The molecule has 1 saturated heterocycles. The van der Waals surface area contributed by atoms with Crippen LogP contribution in [0.2, 0.25) is 0 Å². The van der Waals surface area contributed by atoms with Gasteiger partial charge in [0.15, 0.2) is 0 Å². The third-order valence-electron chi connectivity index (χ3n) is 4.51. The van der Waals surface area contributed by atoms with Crippen molar-refractivity contribution >= 4 is 22.7 Å². The molecule has 3 aromatic rings. The van der Waals surface area contributed by atoms with Gasteiger partial charge in [0.1, 0.15) is 6.04 Å². The zero-order valence-corrected chi connectivity index (χ0v) is 15.1. The first kappa shape index (κ1) is 16.1. The lowest BCUT2D eigenvalue weighted by Gasteiger charge is -2.29. The summed E-state index contributed by atoms with van der Waals surface area (Å²) in [5.41, 5.74) is 2.36. The summed E-state index contributed by atoms with van der Waals surface area (Å²) in [6.45, 7) is 4.36. The molecule has 1 aliphatic rings. The molecule has 0 aliphatic carbocycles. The highest BCUT2D eigenvalue weighted by Crippen LogP contribution is 2.27. The molecule has 1 aliphatic heterocycles. The molecule has 130 valence electrons. The first-order valence-corrected chi connectivity index (χ1v) is 9.66. The van der Waals surface area contributed by atoms with Gasteiger partial charge in [0, 0.05) is 24.5 Å². The van der Waals surface area contributed by atoms with E-state index in [0.717, 1.165) is 23.7 Å². The summed E-state index contributed by atoms with van der Waals surface area (Å²) in [4.78, 5) is 3.46. The summed E-state index contributed by atoms with van der Waals surface area (Å²) in [7, 11) is 0. The number of benzene rings is 1. The maximum absolute atomic E-state index is 5.80. The monoisotopic (exact) mass is 354 g/mol. The molecule has 0 spiro atoms. The van der Waals surface area contributed by atoms with Crippen molar-refractivity contribution < 1.29 is 4.42 Å². The predicted molar refractivity (Wildman–Crippen MR) is 102 cm³/mol. The van der Waals surface area contributed by atoms with Gasteiger partial charge in [0.2, 0.25) is 5.89 Å². The van der Waals surface area contributed by atoms with Crippen LogP contribution in [0, 0.1) is 0 Å². The zero-order chi connectivity index (χ0) is 17.1. The largest absolute Gasteiger partial charge is 0.418 e. The summed E-state index contributed by atoms with van der Waals surface area (Å²) < 4.78 is 5.80. The van der Waals surface area contributed by atoms with Crippen LogP contribution in [0.25, 0.3) is 10.8 Å². The second kappa shape index (κ2) is 7.27. The average Bonchev–Trinajstić information content (AvgIpc) is 3.35. The van der Waals surface area contributed by atoms with Gasteiger partial charge in [-0.2, -0.15) is 0 Å². The lowest BCUT2D eigenvalue weighted by molar-refractivity contribution is 0.486. The van der Waals surface area contributed by atoms with E-state index in [0.29, 0.717) is 11.8 Å². The average molecular weight is 354 g/mol. The summed E-state index contributed by atoms with van der Waals surface area (Å²) >= 11 is 1.60. The van der Waals surface area contributed by atoms with Crippen LogP contribution in [-0.4, -0.2) is 23.3 Å². The molecule has 3 heterocycles. The van der Waals surface area contributed by atoms with E-state index in [9.17, 15) is 0 Å². The minimum absolute atomic E-state index is 0.0398. The minimum Gasteiger partial charge on any atom is -0.418 e. The van der Waals surface area contributed by atoms with Crippen LogP contribution in [0.3, 0.4) is 0 Å². The van der Waals surface area contributed by atoms with Crippen molar-refractivity contribution in [2.75, 3.05) is 23.3 Å². The molecule has 25 heavy (non-hydrogen) atoms. The first-order valence-electron chi connectivity index (χ1n) is 8.78. The van der Waals surface area contributed by atoms with Crippen molar-refractivity contribution in [2.45, 2.75) is 32.2 Å². The smallest absolute Gasteiger partial charge is 0.257 e. The Labute approximate surface area is 151 Å². The number of rotatable bonds is 5. The SMILES string of the molecule is C[C@H](Nc1ccc(N2CCCCC2)cc1)c1nnc(-c2cccs2)o1. The molecule has 0 saturated carbocycles. The van der Waals surface area contributed by atoms with Gasteiger partial charge in [-0.25, -0.2) is 0 Å². The Bertz CT molecular complexity index is 791. The highest BCUT2D eigenvalue weighted by molar-refractivity contribution is 7.13. The van der Waals surface area contributed by atoms with E-state index < -0.39 is 0 Å². The summed E-state index contributed by atoms with van der Waals surface area (Å²) in [6.07, 6.45) is 3.94. The highest BCUT2D eigenvalue weighted by atomic mass is 32.1. The van der Waals surface area contributed by atoms with Crippen LogP contribution in [0.4, 0.5) is 11.4 Å². The molecular formula is C19H22N4OS. The Morgan fingerprint density at radius 1 is 1.08 bits per heavy atom. The van der Waals surface area contributed by atoms with Crippen molar-refractivity contribution in [3.63, 3.8) is 0 Å². The number of nitrogens with one attached hydrogen (secondary N) is 1. The first-order chi connectivity index (χ1) is 12.3. The molecule has 5 nitrogen and oxygen atoms in total. The normalized spacial score (nSPS) is 16.0. The Balaban J connectivity index is 1.41. The summed E-state index contributed by atoms with van der Waals surface area (Å²) in [6, 6.07) is 12.5. The van der Waals surface area contributed by atoms with Crippen LogP contribution in [0.5, 0.6) is 0 Å². The van der Waals surface area contributed by atoms with E-state index in [4.69, 9.17) is 4.42 Å². The minimum atomic E-state index is -0.0398. The third kappa shape index (κ3) is 3.69. The van der Waals surface area contributed by atoms with E-state index in [1.807, 2.05) is 24.4 Å². The maximum atomic E-state index is 5.80. The van der Waals surface area contributed by atoms with Gasteiger partial charge < -0.3 is 14.6 Å². The fraction of sp³-hybridized carbons (Fsp3) is 0.368. The standard InChI is InChI=1S/C19H22N4OS/c1-14(18-21-22-19(24-18)17-6-5-13-25-17)20-15-7-9-16(10-8-15)23-11-3-2-4-12-23/h5-10,13-14,20H,2-4,11-12H2,1H3/t14-/m0/s1. The Morgan fingerprint density at radius 2 is 1.88 bits per heavy atom. The topological polar surface area (TPSA) is 54.2 Å². The molecule has 0 bridgehead atoms. The molecule has 6 heteroatoms. The number of anilines is 2. The molecule has 0 amide bonds. The van der Waals surface area contributed by atoms with Gasteiger partial charge in [-0.15, -0.1) is 21.5 Å². The van der Waals surface area contributed by atoms with Crippen molar-refractivity contribution in [2.24, 2.45) is 0 Å².